The number of ether oxygens (including phenoxy) is 1. The summed E-state index contributed by atoms with van der Waals surface area (Å²) in [6.07, 6.45) is 2.44. The molecule has 1 saturated heterocycles. The molecule has 10 heteroatoms. The van der Waals surface area contributed by atoms with Gasteiger partial charge in [-0.3, -0.25) is 9.36 Å². The maximum absolute atomic E-state index is 12.9. The molecule has 0 radical (unpaired) electrons. The maximum atomic E-state index is 12.9. The third kappa shape index (κ3) is 4.67. The van der Waals surface area contributed by atoms with E-state index in [9.17, 15) is 15.0 Å². The third-order valence-electron chi connectivity index (χ3n) is 5.74. The molecular formula is C24H30N6O4. The van der Waals surface area contributed by atoms with Gasteiger partial charge in [0.15, 0.2) is 5.82 Å². The number of rotatable bonds is 7. The first-order valence-corrected chi connectivity index (χ1v) is 11.5. The molecule has 0 aliphatic carbocycles. The monoisotopic (exact) mass is 466 g/mol. The predicted octanol–water partition coefficient (Wildman–Crippen LogP) is 2.84. The second-order valence-electron chi connectivity index (χ2n) is 8.50. The Labute approximate surface area is 198 Å². The number of aromatic hydroxyl groups is 2. The van der Waals surface area contributed by atoms with Crippen molar-refractivity contribution in [2.45, 2.75) is 33.1 Å². The van der Waals surface area contributed by atoms with E-state index < -0.39 is 0 Å². The number of carbonyl (C=O) groups excluding carboxylic acids is 1. The van der Waals surface area contributed by atoms with Crippen molar-refractivity contribution in [2.24, 2.45) is 0 Å². The summed E-state index contributed by atoms with van der Waals surface area (Å²) in [5.74, 6) is 0.657. The molecule has 34 heavy (non-hydrogen) atoms. The Hall–Kier alpha value is -3.66. The molecule has 1 aromatic carbocycles. The standard InChI is InChI=1S/C24H30N6O4/c1-4-7-25-24(33)23-28-27-22(18-12-17(15(2)3)19(31)13-20(18)32)30(23)16-5-6-21(26-14-16)29-8-10-34-11-9-29/h5-6,12-15,31-32H,4,7-11H2,1-3H3,(H,25,33). The van der Waals surface area contributed by atoms with Crippen LogP contribution in [0.4, 0.5) is 5.82 Å². The Kier molecular flexibility index (Phi) is 6.97. The minimum atomic E-state index is -0.375. The van der Waals surface area contributed by atoms with Gasteiger partial charge in [-0.25, -0.2) is 4.98 Å². The highest BCUT2D eigenvalue weighted by molar-refractivity contribution is 5.92. The van der Waals surface area contributed by atoms with Gasteiger partial charge < -0.3 is 25.2 Å². The number of hydrogen-bond donors (Lipinski definition) is 3. The van der Waals surface area contributed by atoms with E-state index in [-0.39, 0.29) is 35.0 Å². The molecule has 0 saturated carbocycles. The largest absolute Gasteiger partial charge is 0.508 e. The lowest BCUT2D eigenvalue weighted by atomic mass is 9.98. The minimum Gasteiger partial charge on any atom is -0.508 e. The predicted molar refractivity (Wildman–Crippen MR) is 128 cm³/mol. The highest BCUT2D eigenvalue weighted by Crippen LogP contribution is 2.38. The third-order valence-corrected chi connectivity index (χ3v) is 5.74. The molecule has 0 atom stereocenters. The van der Waals surface area contributed by atoms with Crippen LogP contribution in [-0.4, -0.2) is 68.7 Å². The normalized spacial score (nSPS) is 13.9. The van der Waals surface area contributed by atoms with Crippen LogP contribution in [0, 0.1) is 0 Å². The van der Waals surface area contributed by atoms with Gasteiger partial charge in [0.05, 0.1) is 30.7 Å². The average molecular weight is 467 g/mol. The van der Waals surface area contributed by atoms with Crippen LogP contribution < -0.4 is 10.2 Å². The van der Waals surface area contributed by atoms with E-state index in [0.717, 1.165) is 25.3 Å². The number of nitrogens with one attached hydrogen (secondary N) is 1. The quantitative estimate of drug-likeness (QED) is 0.485. The van der Waals surface area contributed by atoms with Crippen LogP contribution >= 0.6 is 0 Å². The summed E-state index contributed by atoms with van der Waals surface area (Å²) in [5.41, 5.74) is 1.60. The van der Waals surface area contributed by atoms with Crippen LogP contribution in [0.5, 0.6) is 11.5 Å². The number of hydrogen-bond acceptors (Lipinski definition) is 8. The molecule has 3 N–H and O–H groups in total. The second kappa shape index (κ2) is 10.1. The Morgan fingerprint density at radius 1 is 1.15 bits per heavy atom. The summed E-state index contributed by atoms with van der Waals surface area (Å²) in [6.45, 7) is 9.17. The van der Waals surface area contributed by atoms with Gasteiger partial charge in [0.2, 0.25) is 5.82 Å². The lowest BCUT2D eigenvalue weighted by molar-refractivity contribution is 0.0941. The lowest BCUT2D eigenvalue weighted by Gasteiger charge is -2.27. The SMILES string of the molecule is CCCNC(=O)c1nnc(-c2cc(C(C)C)c(O)cc2O)n1-c1ccc(N2CCOCC2)nc1. The molecule has 1 fully saturated rings. The zero-order valence-electron chi connectivity index (χ0n) is 19.7. The average Bonchev–Trinajstić information content (AvgIpc) is 3.28. The number of nitrogens with zero attached hydrogens (tertiary/aromatic N) is 5. The molecule has 1 amide bonds. The minimum absolute atomic E-state index is 0.000224. The van der Waals surface area contributed by atoms with E-state index in [4.69, 9.17) is 4.74 Å². The fraction of sp³-hybridized carbons (Fsp3) is 0.417. The summed E-state index contributed by atoms with van der Waals surface area (Å²) in [6, 6.07) is 6.70. The molecule has 4 rings (SSSR count). The van der Waals surface area contributed by atoms with Gasteiger partial charge in [-0.15, -0.1) is 10.2 Å². The van der Waals surface area contributed by atoms with Crippen LogP contribution in [0.2, 0.25) is 0 Å². The van der Waals surface area contributed by atoms with E-state index >= 15 is 0 Å². The number of anilines is 1. The van der Waals surface area contributed by atoms with Crippen LogP contribution in [0.1, 0.15) is 49.3 Å². The fourth-order valence-corrected chi connectivity index (χ4v) is 3.89. The van der Waals surface area contributed by atoms with Crippen LogP contribution in [-0.2, 0) is 4.74 Å². The molecule has 3 aromatic rings. The number of phenols is 2. The summed E-state index contributed by atoms with van der Waals surface area (Å²) in [5, 5.41) is 32.2. The van der Waals surface area contributed by atoms with Crippen LogP contribution in [0.3, 0.4) is 0 Å². The summed E-state index contributed by atoms with van der Waals surface area (Å²) in [4.78, 5) is 19.6. The van der Waals surface area contributed by atoms with Crippen molar-refractivity contribution < 1.29 is 19.7 Å². The summed E-state index contributed by atoms with van der Waals surface area (Å²) in [7, 11) is 0. The first-order valence-electron chi connectivity index (χ1n) is 11.5. The molecule has 0 bridgehead atoms. The molecule has 10 nitrogen and oxygen atoms in total. The van der Waals surface area contributed by atoms with Gasteiger partial charge in [0.25, 0.3) is 5.91 Å². The zero-order chi connectivity index (χ0) is 24.2. The molecule has 1 aliphatic rings. The number of aromatic nitrogens is 4. The van der Waals surface area contributed by atoms with Gasteiger partial charge in [0, 0.05) is 25.7 Å². The molecule has 0 unspecified atom stereocenters. The molecule has 2 aromatic heterocycles. The number of carbonyl (C=O) groups is 1. The highest BCUT2D eigenvalue weighted by atomic mass is 16.5. The van der Waals surface area contributed by atoms with Crippen LogP contribution in [0.15, 0.2) is 30.5 Å². The number of morpholine rings is 1. The van der Waals surface area contributed by atoms with Gasteiger partial charge >= 0.3 is 0 Å². The molecule has 1 aliphatic heterocycles. The summed E-state index contributed by atoms with van der Waals surface area (Å²) >= 11 is 0. The maximum Gasteiger partial charge on any atom is 0.289 e. The van der Waals surface area contributed by atoms with Crippen LogP contribution in [0.25, 0.3) is 17.1 Å². The van der Waals surface area contributed by atoms with Crippen molar-refractivity contribution in [1.82, 2.24) is 25.1 Å². The van der Waals surface area contributed by atoms with Crippen molar-refractivity contribution in [3.8, 4) is 28.6 Å². The van der Waals surface area contributed by atoms with Crippen molar-refractivity contribution >= 4 is 11.7 Å². The zero-order valence-corrected chi connectivity index (χ0v) is 19.7. The Morgan fingerprint density at radius 2 is 1.91 bits per heavy atom. The molecular weight excluding hydrogens is 436 g/mol. The smallest absolute Gasteiger partial charge is 0.289 e. The lowest BCUT2D eigenvalue weighted by Crippen LogP contribution is -2.36. The van der Waals surface area contributed by atoms with Crippen molar-refractivity contribution in [3.05, 3.63) is 41.9 Å². The summed E-state index contributed by atoms with van der Waals surface area (Å²) < 4.78 is 6.99. The Morgan fingerprint density at radius 3 is 2.56 bits per heavy atom. The van der Waals surface area contributed by atoms with Crippen molar-refractivity contribution in [1.29, 1.82) is 0 Å². The van der Waals surface area contributed by atoms with Gasteiger partial charge in [0.1, 0.15) is 17.3 Å². The topological polar surface area (TPSA) is 126 Å². The van der Waals surface area contributed by atoms with Gasteiger partial charge in [-0.05, 0) is 36.1 Å². The van der Waals surface area contributed by atoms with E-state index in [2.05, 4.69) is 25.4 Å². The number of phenolic OH excluding ortho intramolecular Hbond substituents is 2. The Balaban J connectivity index is 1.81. The van der Waals surface area contributed by atoms with Gasteiger partial charge in [-0.2, -0.15) is 0 Å². The second-order valence-corrected chi connectivity index (χ2v) is 8.50. The van der Waals surface area contributed by atoms with E-state index in [1.807, 2.05) is 32.9 Å². The molecule has 3 heterocycles. The molecule has 0 spiro atoms. The van der Waals surface area contributed by atoms with E-state index in [1.165, 1.54) is 6.07 Å². The van der Waals surface area contributed by atoms with E-state index in [0.29, 0.717) is 36.6 Å². The van der Waals surface area contributed by atoms with Crippen molar-refractivity contribution in [3.63, 3.8) is 0 Å². The van der Waals surface area contributed by atoms with E-state index in [1.54, 1.807) is 16.8 Å². The highest BCUT2D eigenvalue weighted by Gasteiger charge is 2.25. The number of amides is 1. The first-order chi connectivity index (χ1) is 16.4. The number of benzene rings is 1. The first kappa shape index (κ1) is 23.5. The molecule has 180 valence electrons. The Bertz CT molecular complexity index is 1150. The fourth-order valence-electron chi connectivity index (χ4n) is 3.89. The number of pyridine rings is 1. The van der Waals surface area contributed by atoms with Crippen molar-refractivity contribution in [2.75, 3.05) is 37.7 Å². The van der Waals surface area contributed by atoms with Gasteiger partial charge in [-0.1, -0.05) is 20.8 Å².